The highest BCUT2D eigenvalue weighted by Crippen LogP contribution is 2.22. The molecule has 1 aliphatic carbocycles. The Morgan fingerprint density at radius 2 is 1.67 bits per heavy atom. The Bertz CT molecular complexity index is 156. The maximum Gasteiger partial charge on any atom is 0.162 e. The number of ether oxygens (including phenoxy) is 2. The topological polar surface area (TPSA) is 30.5 Å². The average Bonchev–Trinajstić information content (AvgIpc) is 2.77. The largest absolute Gasteiger partial charge is 0.349 e. The van der Waals surface area contributed by atoms with E-state index in [1.807, 2.05) is 13.8 Å². The van der Waals surface area contributed by atoms with Crippen LogP contribution in [-0.4, -0.2) is 31.1 Å². The lowest BCUT2D eigenvalue weighted by atomic mass is 10.2. The molecule has 1 saturated carbocycles. The Morgan fingerprint density at radius 1 is 1.08 bits per heavy atom. The summed E-state index contributed by atoms with van der Waals surface area (Å²) >= 11 is 0. The Hall–Kier alpha value is -0.120. The van der Waals surface area contributed by atoms with Crippen LogP contribution in [0.5, 0.6) is 0 Å². The predicted molar refractivity (Wildman–Crippen MR) is 45.9 cm³/mol. The Labute approximate surface area is 73.4 Å². The van der Waals surface area contributed by atoms with E-state index in [-0.39, 0.29) is 5.79 Å². The van der Waals surface area contributed by atoms with Crippen molar-refractivity contribution in [2.75, 3.05) is 13.2 Å². The van der Waals surface area contributed by atoms with Gasteiger partial charge in [-0.3, -0.25) is 0 Å². The van der Waals surface area contributed by atoms with Crippen LogP contribution in [0.2, 0.25) is 0 Å². The molecular formula is C9H17NO2. The molecule has 2 aliphatic rings. The zero-order chi connectivity index (χ0) is 8.60. The summed E-state index contributed by atoms with van der Waals surface area (Å²) in [5.41, 5.74) is 0. The van der Waals surface area contributed by atoms with E-state index in [0.29, 0.717) is 6.04 Å². The van der Waals surface area contributed by atoms with Crippen LogP contribution >= 0.6 is 0 Å². The van der Waals surface area contributed by atoms with Gasteiger partial charge in [-0.05, 0) is 26.7 Å². The molecule has 3 heteroatoms. The van der Waals surface area contributed by atoms with Gasteiger partial charge in [0.15, 0.2) is 5.79 Å². The van der Waals surface area contributed by atoms with Gasteiger partial charge in [0, 0.05) is 6.04 Å². The third-order valence-corrected chi connectivity index (χ3v) is 2.31. The second kappa shape index (κ2) is 2.98. The fourth-order valence-electron chi connectivity index (χ4n) is 1.37. The van der Waals surface area contributed by atoms with E-state index in [4.69, 9.17) is 9.47 Å². The van der Waals surface area contributed by atoms with Gasteiger partial charge in [0.1, 0.15) is 0 Å². The first-order valence-electron chi connectivity index (χ1n) is 4.70. The van der Waals surface area contributed by atoms with Crippen molar-refractivity contribution in [2.24, 2.45) is 0 Å². The maximum atomic E-state index is 5.52. The molecule has 1 saturated heterocycles. The van der Waals surface area contributed by atoms with E-state index in [2.05, 4.69) is 5.32 Å². The van der Waals surface area contributed by atoms with E-state index >= 15 is 0 Å². The third-order valence-electron chi connectivity index (χ3n) is 2.31. The van der Waals surface area contributed by atoms with E-state index in [1.165, 1.54) is 12.8 Å². The molecule has 0 atom stereocenters. The minimum Gasteiger partial charge on any atom is -0.349 e. The first kappa shape index (κ1) is 8.48. The Kier molecular flexibility index (Phi) is 2.10. The fraction of sp³-hybridized carbons (Fsp3) is 1.00. The molecule has 0 spiro atoms. The summed E-state index contributed by atoms with van der Waals surface area (Å²) in [7, 11) is 0. The summed E-state index contributed by atoms with van der Waals surface area (Å²) in [6.45, 7) is 5.48. The van der Waals surface area contributed by atoms with Crippen LogP contribution in [0.15, 0.2) is 0 Å². The molecule has 0 bridgehead atoms. The molecule has 70 valence electrons. The van der Waals surface area contributed by atoms with E-state index in [0.717, 1.165) is 19.3 Å². The van der Waals surface area contributed by atoms with Gasteiger partial charge in [-0.25, -0.2) is 0 Å². The average molecular weight is 171 g/mol. The molecule has 1 N–H and O–H groups in total. The smallest absolute Gasteiger partial charge is 0.162 e. The number of rotatable bonds is 2. The van der Waals surface area contributed by atoms with Gasteiger partial charge in [-0.1, -0.05) is 0 Å². The highest BCUT2D eigenvalue weighted by Gasteiger charge is 2.31. The lowest BCUT2D eigenvalue weighted by Crippen LogP contribution is -2.49. The highest BCUT2D eigenvalue weighted by atomic mass is 16.7. The first-order valence-corrected chi connectivity index (χ1v) is 4.70. The van der Waals surface area contributed by atoms with Crippen molar-refractivity contribution < 1.29 is 9.47 Å². The monoisotopic (exact) mass is 171 g/mol. The van der Waals surface area contributed by atoms with Crippen LogP contribution in [0.4, 0.5) is 0 Å². The minimum absolute atomic E-state index is 0.373. The van der Waals surface area contributed by atoms with Gasteiger partial charge in [0.25, 0.3) is 0 Å². The standard InChI is InChI=1S/C9H17NO2/c1-9(2)11-5-8(6-12-9)10-7-3-4-7/h7-8,10H,3-6H2,1-2H3. The lowest BCUT2D eigenvalue weighted by Gasteiger charge is -2.35. The summed E-state index contributed by atoms with van der Waals surface area (Å²) in [4.78, 5) is 0. The van der Waals surface area contributed by atoms with Crippen LogP contribution in [0.1, 0.15) is 26.7 Å². The second-order valence-electron chi connectivity index (χ2n) is 4.16. The van der Waals surface area contributed by atoms with Crippen molar-refractivity contribution >= 4 is 0 Å². The number of hydrogen-bond donors (Lipinski definition) is 1. The van der Waals surface area contributed by atoms with Gasteiger partial charge in [0.2, 0.25) is 0 Å². The van der Waals surface area contributed by atoms with Crippen molar-refractivity contribution in [2.45, 2.75) is 44.6 Å². The van der Waals surface area contributed by atoms with Crippen LogP contribution in [0.3, 0.4) is 0 Å². The molecule has 1 aliphatic heterocycles. The molecule has 12 heavy (non-hydrogen) atoms. The molecule has 0 unspecified atom stereocenters. The zero-order valence-electron chi connectivity index (χ0n) is 7.80. The summed E-state index contributed by atoms with van der Waals surface area (Å²) in [6, 6.07) is 1.15. The van der Waals surface area contributed by atoms with Gasteiger partial charge < -0.3 is 14.8 Å². The Balaban J connectivity index is 1.73. The van der Waals surface area contributed by atoms with E-state index in [1.54, 1.807) is 0 Å². The normalized spacial score (nSPS) is 30.5. The van der Waals surface area contributed by atoms with Crippen LogP contribution in [-0.2, 0) is 9.47 Å². The molecule has 0 radical (unpaired) electrons. The summed E-state index contributed by atoms with van der Waals surface area (Å²) < 4.78 is 11.0. The SMILES string of the molecule is CC1(C)OCC(NC2CC2)CO1. The van der Waals surface area contributed by atoms with Gasteiger partial charge in [0.05, 0.1) is 19.3 Å². The summed E-state index contributed by atoms with van der Waals surface area (Å²) in [5, 5.41) is 3.48. The first-order chi connectivity index (χ1) is 5.66. The molecule has 3 nitrogen and oxygen atoms in total. The lowest BCUT2D eigenvalue weighted by molar-refractivity contribution is -0.253. The molecule has 0 aromatic rings. The molecule has 0 amide bonds. The maximum absolute atomic E-state index is 5.52. The summed E-state index contributed by atoms with van der Waals surface area (Å²) in [6.07, 6.45) is 2.64. The van der Waals surface area contributed by atoms with Crippen LogP contribution in [0.25, 0.3) is 0 Å². The molecule has 1 heterocycles. The van der Waals surface area contributed by atoms with Gasteiger partial charge >= 0.3 is 0 Å². The Morgan fingerprint density at radius 3 is 2.17 bits per heavy atom. The van der Waals surface area contributed by atoms with Crippen LogP contribution < -0.4 is 5.32 Å². The third kappa shape index (κ3) is 2.19. The van der Waals surface area contributed by atoms with Crippen molar-refractivity contribution in [1.29, 1.82) is 0 Å². The van der Waals surface area contributed by atoms with Crippen molar-refractivity contribution in [3.05, 3.63) is 0 Å². The van der Waals surface area contributed by atoms with Crippen molar-refractivity contribution in [1.82, 2.24) is 5.32 Å². The molecule has 0 aromatic carbocycles. The van der Waals surface area contributed by atoms with E-state index in [9.17, 15) is 0 Å². The zero-order valence-corrected chi connectivity index (χ0v) is 7.80. The number of nitrogens with one attached hydrogen (secondary N) is 1. The fourth-order valence-corrected chi connectivity index (χ4v) is 1.37. The quantitative estimate of drug-likeness (QED) is 0.669. The van der Waals surface area contributed by atoms with E-state index < -0.39 is 0 Å². The van der Waals surface area contributed by atoms with Crippen LogP contribution in [0, 0.1) is 0 Å². The predicted octanol–water partition coefficient (Wildman–Crippen LogP) is 0.890. The summed E-state index contributed by atoms with van der Waals surface area (Å²) in [5.74, 6) is -0.373. The highest BCUT2D eigenvalue weighted by molar-refractivity contribution is 4.86. The molecule has 2 rings (SSSR count). The minimum atomic E-state index is -0.373. The number of hydrogen-bond acceptors (Lipinski definition) is 3. The second-order valence-corrected chi connectivity index (χ2v) is 4.16. The molecular weight excluding hydrogens is 154 g/mol. The van der Waals surface area contributed by atoms with Crippen molar-refractivity contribution in [3.63, 3.8) is 0 Å². The van der Waals surface area contributed by atoms with Crippen molar-refractivity contribution in [3.8, 4) is 0 Å². The van der Waals surface area contributed by atoms with Gasteiger partial charge in [-0.2, -0.15) is 0 Å². The molecule has 0 aromatic heterocycles. The van der Waals surface area contributed by atoms with Gasteiger partial charge in [-0.15, -0.1) is 0 Å². The molecule has 2 fully saturated rings.